The molecule has 16 heavy (non-hydrogen) atoms. The molecule has 7 heteroatoms. The predicted octanol–water partition coefficient (Wildman–Crippen LogP) is 1.05. The summed E-state index contributed by atoms with van der Waals surface area (Å²) in [5, 5.41) is 20.0. The molecule has 6 nitrogen and oxygen atoms in total. The zero-order chi connectivity index (χ0) is 12.5. The van der Waals surface area contributed by atoms with E-state index in [1.54, 1.807) is 0 Å². The number of aliphatic hydroxyl groups is 1. The van der Waals surface area contributed by atoms with Crippen molar-refractivity contribution in [3.8, 4) is 0 Å². The number of benzene rings is 1. The average Bonchev–Trinajstić information content (AvgIpc) is 2.15. The van der Waals surface area contributed by atoms with Crippen molar-refractivity contribution in [3.63, 3.8) is 0 Å². The molecule has 0 aliphatic rings. The fourth-order valence-corrected chi connectivity index (χ4v) is 2.08. The van der Waals surface area contributed by atoms with E-state index < -0.39 is 26.6 Å². The van der Waals surface area contributed by atoms with Crippen molar-refractivity contribution in [1.82, 2.24) is 0 Å². The quantitative estimate of drug-likeness (QED) is 0.634. The highest BCUT2D eigenvalue weighted by Gasteiger charge is 2.23. The minimum Gasteiger partial charge on any atom is -0.389 e. The van der Waals surface area contributed by atoms with Gasteiger partial charge in [-0.3, -0.25) is 10.1 Å². The smallest absolute Gasteiger partial charge is 0.288 e. The van der Waals surface area contributed by atoms with Gasteiger partial charge in [-0.2, -0.15) is 0 Å². The first-order valence-corrected chi connectivity index (χ1v) is 6.29. The van der Waals surface area contributed by atoms with Crippen molar-refractivity contribution in [2.75, 3.05) is 6.26 Å². The fraction of sp³-hybridized carbons (Fsp3) is 0.333. The van der Waals surface area contributed by atoms with E-state index in [-0.39, 0.29) is 4.90 Å². The van der Waals surface area contributed by atoms with Gasteiger partial charge in [0.1, 0.15) is 4.90 Å². The van der Waals surface area contributed by atoms with Crippen LogP contribution in [0.1, 0.15) is 18.6 Å². The summed E-state index contributed by atoms with van der Waals surface area (Å²) in [7, 11) is -3.64. The van der Waals surface area contributed by atoms with Crippen LogP contribution in [0.2, 0.25) is 0 Å². The number of nitro groups is 1. The van der Waals surface area contributed by atoms with Crippen LogP contribution in [0.25, 0.3) is 0 Å². The molecule has 0 fully saturated rings. The molecular weight excluding hydrogens is 234 g/mol. The molecule has 0 spiro atoms. The number of nitro benzene ring substituents is 1. The number of sulfone groups is 1. The van der Waals surface area contributed by atoms with Crippen molar-refractivity contribution in [1.29, 1.82) is 0 Å². The van der Waals surface area contributed by atoms with Gasteiger partial charge in [0.25, 0.3) is 5.69 Å². The van der Waals surface area contributed by atoms with E-state index in [4.69, 9.17) is 0 Å². The highest BCUT2D eigenvalue weighted by Crippen LogP contribution is 2.27. The van der Waals surface area contributed by atoms with Gasteiger partial charge in [0, 0.05) is 12.3 Å². The van der Waals surface area contributed by atoms with Crippen molar-refractivity contribution < 1.29 is 18.4 Å². The van der Waals surface area contributed by atoms with Gasteiger partial charge in [0.05, 0.1) is 11.0 Å². The SMILES string of the molecule is C[C@H](O)c1ccc(S(C)(=O)=O)c([N+](=O)[O-])c1. The van der Waals surface area contributed by atoms with Crippen LogP contribution in [0, 0.1) is 10.1 Å². The Labute approximate surface area is 92.6 Å². The molecule has 0 saturated carbocycles. The van der Waals surface area contributed by atoms with Crippen molar-refractivity contribution in [2.45, 2.75) is 17.9 Å². The van der Waals surface area contributed by atoms with Gasteiger partial charge in [-0.1, -0.05) is 6.07 Å². The first kappa shape index (κ1) is 12.6. The Morgan fingerprint density at radius 1 is 1.44 bits per heavy atom. The molecule has 0 radical (unpaired) electrons. The fourth-order valence-electron chi connectivity index (χ4n) is 1.25. The normalized spacial score (nSPS) is 13.4. The highest BCUT2D eigenvalue weighted by molar-refractivity contribution is 7.90. The molecule has 0 heterocycles. The number of nitrogens with zero attached hydrogens (tertiary/aromatic N) is 1. The summed E-state index contributed by atoms with van der Waals surface area (Å²) < 4.78 is 22.5. The van der Waals surface area contributed by atoms with E-state index in [1.165, 1.54) is 13.0 Å². The minimum atomic E-state index is -3.64. The Kier molecular flexibility index (Phi) is 3.30. The van der Waals surface area contributed by atoms with Crippen LogP contribution in [0.4, 0.5) is 5.69 Å². The summed E-state index contributed by atoms with van der Waals surface area (Å²) >= 11 is 0. The topological polar surface area (TPSA) is 97.5 Å². The molecule has 1 aromatic carbocycles. The molecule has 0 unspecified atom stereocenters. The first-order chi connectivity index (χ1) is 7.23. The van der Waals surface area contributed by atoms with Crippen molar-refractivity contribution in [3.05, 3.63) is 33.9 Å². The maximum atomic E-state index is 11.3. The van der Waals surface area contributed by atoms with Gasteiger partial charge in [0.15, 0.2) is 9.84 Å². The maximum absolute atomic E-state index is 11.3. The second-order valence-electron chi connectivity index (χ2n) is 3.43. The third-order valence-corrected chi connectivity index (χ3v) is 3.21. The van der Waals surface area contributed by atoms with E-state index in [0.29, 0.717) is 5.56 Å². The number of hydrogen-bond acceptors (Lipinski definition) is 5. The van der Waals surface area contributed by atoms with E-state index >= 15 is 0 Å². The van der Waals surface area contributed by atoms with Crippen molar-refractivity contribution >= 4 is 15.5 Å². The second kappa shape index (κ2) is 4.18. The summed E-state index contributed by atoms with van der Waals surface area (Å²) in [6.07, 6.45) is 0.0181. The molecule has 1 N–H and O–H groups in total. The molecule has 0 amide bonds. The van der Waals surface area contributed by atoms with E-state index in [1.807, 2.05) is 0 Å². The van der Waals surface area contributed by atoms with Gasteiger partial charge in [-0.15, -0.1) is 0 Å². The Hall–Kier alpha value is -1.47. The van der Waals surface area contributed by atoms with Crippen LogP contribution in [0.5, 0.6) is 0 Å². The standard InChI is InChI=1S/C9H11NO5S/c1-6(11)7-3-4-9(16(2,14)15)8(5-7)10(12)13/h3-6,11H,1-2H3/t6-/m0/s1. The van der Waals surface area contributed by atoms with Crippen molar-refractivity contribution in [2.24, 2.45) is 0 Å². The second-order valence-corrected chi connectivity index (χ2v) is 5.42. The van der Waals surface area contributed by atoms with Crippen LogP contribution in [-0.2, 0) is 9.84 Å². The summed E-state index contributed by atoms with van der Waals surface area (Å²) in [5.41, 5.74) is -0.208. The summed E-state index contributed by atoms with van der Waals surface area (Å²) in [6.45, 7) is 1.44. The average molecular weight is 245 g/mol. The van der Waals surface area contributed by atoms with Crippen LogP contribution < -0.4 is 0 Å². The molecule has 0 aliphatic carbocycles. The zero-order valence-corrected chi connectivity index (χ0v) is 9.56. The van der Waals surface area contributed by atoms with Gasteiger partial charge in [-0.25, -0.2) is 8.42 Å². The van der Waals surface area contributed by atoms with Crippen LogP contribution in [0.15, 0.2) is 23.1 Å². The van der Waals surface area contributed by atoms with Gasteiger partial charge < -0.3 is 5.11 Å². The van der Waals surface area contributed by atoms with Gasteiger partial charge in [0.2, 0.25) is 0 Å². The lowest BCUT2D eigenvalue weighted by Gasteiger charge is -2.06. The molecule has 0 aliphatic heterocycles. The Morgan fingerprint density at radius 2 is 2.00 bits per heavy atom. The molecule has 1 atom stereocenters. The molecule has 0 saturated heterocycles. The van der Waals surface area contributed by atoms with Crippen LogP contribution in [0.3, 0.4) is 0 Å². The molecule has 0 aromatic heterocycles. The Morgan fingerprint density at radius 3 is 2.38 bits per heavy atom. The largest absolute Gasteiger partial charge is 0.389 e. The van der Waals surface area contributed by atoms with Crippen LogP contribution >= 0.6 is 0 Å². The Bertz CT molecular complexity index is 521. The minimum absolute atomic E-state index is 0.305. The molecule has 1 aromatic rings. The molecular formula is C9H11NO5S. The monoisotopic (exact) mass is 245 g/mol. The summed E-state index contributed by atoms with van der Waals surface area (Å²) in [6, 6.07) is 3.56. The first-order valence-electron chi connectivity index (χ1n) is 4.40. The number of hydrogen-bond donors (Lipinski definition) is 1. The maximum Gasteiger partial charge on any atom is 0.288 e. The zero-order valence-electron chi connectivity index (χ0n) is 8.75. The lowest BCUT2D eigenvalue weighted by molar-refractivity contribution is -0.387. The molecule has 0 bridgehead atoms. The third kappa shape index (κ3) is 2.56. The van der Waals surface area contributed by atoms with Crippen LogP contribution in [-0.4, -0.2) is 24.7 Å². The van der Waals surface area contributed by atoms with E-state index in [2.05, 4.69) is 0 Å². The lowest BCUT2D eigenvalue weighted by Crippen LogP contribution is -2.04. The molecule has 1 rings (SSSR count). The van der Waals surface area contributed by atoms with E-state index in [0.717, 1.165) is 18.4 Å². The lowest BCUT2D eigenvalue weighted by atomic mass is 10.1. The van der Waals surface area contributed by atoms with E-state index in [9.17, 15) is 23.6 Å². The molecule has 88 valence electrons. The summed E-state index contributed by atoms with van der Waals surface area (Å²) in [4.78, 5) is 9.58. The Balaban J connectivity index is 3.49. The predicted molar refractivity (Wildman–Crippen MR) is 56.8 cm³/mol. The summed E-state index contributed by atoms with van der Waals surface area (Å²) in [5.74, 6) is 0. The van der Waals surface area contributed by atoms with Gasteiger partial charge in [-0.05, 0) is 18.6 Å². The number of rotatable bonds is 3. The third-order valence-electron chi connectivity index (χ3n) is 2.06. The number of aliphatic hydroxyl groups excluding tert-OH is 1. The van der Waals surface area contributed by atoms with Gasteiger partial charge >= 0.3 is 0 Å². The highest BCUT2D eigenvalue weighted by atomic mass is 32.2.